The molecule has 0 aromatic carbocycles. The van der Waals surface area contributed by atoms with E-state index in [1.165, 1.54) is 0 Å². The van der Waals surface area contributed by atoms with Crippen molar-refractivity contribution in [1.82, 2.24) is 0 Å². The third kappa shape index (κ3) is 1.68. The van der Waals surface area contributed by atoms with Crippen LogP contribution < -0.4 is 0 Å². The summed E-state index contributed by atoms with van der Waals surface area (Å²) in [5.41, 5.74) is -0.565. The van der Waals surface area contributed by atoms with Crippen LogP contribution in [0.2, 0.25) is 0 Å². The zero-order valence-corrected chi connectivity index (χ0v) is 7.71. The molecule has 0 aromatic heterocycles. The first-order chi connectivity index (χ1) is 5.55. The van der Waals surface area contributed by atoms with E-state index in [-0.39, 0.29) is 0 Å². The number of aliphatic carboxylic acids is 1. The van der Waals surface area contributed by atoms with Crippen molar-refractivity contribution in [3.8, 4) is 0 Å². The molecule has 0 fully saturated rings. The monoisotopic (exact) mass is 168 g/mol. The maximum atomic E-state index is 10.9. The summed E-state index contributed by atoms with van der Waals surface area (Å²) in [7, 11) is 0. The largest absolute Gasteiger partial charge is 0.481 e. The second kappa shape index (κ2) is 3.30. The summed E-state index contributed by atoms with van der Waals surface area (Å²) in [6.07, 6.45) is 7.18. The van der Waals surface area contributed by atoms with Gasteiger partial charge in [-0.3, -0.25) is 4.79 Å². The first kappa shape index (κ1) is 9.30. The highest BCUT2D eigenvalue weighted by Crippen LogP contribution is 2.35. The summed E-state index contributed by atoms with van der Waals surface area (Å²) in [5.74, 6) is -0.372. The molecule has 0 radical (unpaired) electrons. The van der Waals surface area contributed by atoms with Crippen molar-refractivity contribution in [2.75, 3.05) is 0 Å². The molecule has 12 heavy (non-hydrogen) atoms. The van der Waals surface area contributed by atoms with E-state index >= 15 is 0 Å². The Morgan fingerprint density at radius 2 is 2.17 bits per heavy atom. The van der Waals surface area contributed by atoms with E-state index in [4.69, 9.17) is 5.11 Å². The molecule has 0 aliphatic heterocycles. The van der Waals surface area contributed by atoms with Gasteiger partial charge in [-0.25, -0.2) is 0 Å². The minimum absolute atomic E-state index is 0.306. The molecule has 2 nitrogen and oxygen atoms in total. The first-order valence-corrected chi connectivity index (χ1v) is 4.43. The van der Waals surface area contributed by atoms with Crippen molar-refractivity contribution in [3.63, 3.8) is 0 Å². The third-order valence-corrected chi connectivity index (χ3v) is 2.84. The van der Waals surface area contributed by atoms with Crippen LogP contribution >= 0.6 is 0 Å². The van der Waals surface area contributed by atoms with Crippen LogP contribution in [0.4, 0.5) is 0 Å². The Morgan fingerprint density at radius 1 is 1.50 bits per heavy atom. The average Bonchev–Trinajstić information content (AvgIpc) is 2.06. The SMILES string of the molecule is CC(C)(C(=O)O)C1CC=CCC1. The molecule has 2 heteroatoms. The standard InChI is InChI=1S/C10H16O2/c1-10(2,9(11)12)8-6-4-3-5-7-8/h3-4,8H,5-7H2,1-2H3,(H,11,12). The van der Waals surface area contributed by atoms with Gasteiger partial charge < -0.3 is 5.11 Å². The van der Waals surface area contributed by atoms with Crippen molar-refractivity contribution in [2.45, 2.75) is 33.1 Å². The zero-order chi connectivity index (χ0) is 9.19. The van der Waals surface area contributed by atoms with Crippen LogP contribution in [0.25, 0.3) is 0 Å². The Labute approximate surface area is 73.3 Å². The van der Waals surface area contributed by atoms with Crippen molar-refractivity contribution in [3.05, 3.63) is 12.2 Å². The first-order valence-electron chi connectivity index (χ1n) is 4.43. The van der Waals surface area contributed by atoms with Crippen LogP contribution in [0.3, 0.4) is 0 Å². The molecular formula is C10H16O2. The van der Waals surface area contributed by atoms with E-state index in [1.54, 1.807) is 0 Å². The van der Waals surface area contributed by atoms with Gasteiger partial charge in [0.15, 0.2) is 0 Å². The van der Waals surface area contributed by atoms with Gasteiger partial charge >= 0.3 is 5.97 Å². The van der Waals surface area contributed by atoms with E-state index in [9.17, 15) is 4.79 Å². The lowest BCUT2D eigenvalue weighted by Gasteiger charge is -2.31. The predicted molar refractivity (Wildman–Crippen MR) is 47.9 cm³/mol. The molecule has 0 amide bonds. The number of hydrogen-bond acceptors (Lipinski definition) is 1. The van der Waals surface area contributed by atoms with Crippen molar-refractivity contribution >= 4 is 5.97 Å². The van der Waals surface area contributed by atoms with Crippen LogP contribution in [-0.4, -0.2) is 11.1 Å². The normalized spacial score (nSPS) is 24.0. The van der Waals surface area contributed by atoms with Crippen LogP contribution in [0.1, 0.15) is 33.1 Å². The molecule has 0 saturated heterocycles. The van der Waals surface area contributed by atoms with Gasteiger partial charge in [0.1, 0.15) is 0 Å². The smallest absolute Gasteiger partial charge is 0.309 e. The van der Waals surface area contributed by atoms with E-state index in [0.717, 1.165) is 19.3 Å². The number of rotatable bonds is 2. The molecule has 1 aliphatic carbocycles. The van der Waals surface area contributed by atoms with Gasteiger partial charge in [0.05, 0.1) is 5.41 Å². The Balaban J connectivity index is 2.67. The minimum atomic E-state index is -0.678. The lowest BCUT2D eigenvalue weighted by molar-refractivity contribution is -0.150. The molecule has 0 bridgehead atoms. The van der Waals surface area contributed by atoms with E-state index in [1.807, 2.05) is 13.8 Å². The van der Waals surface area contributed by atoms with Crippen LogP contribution in [0.5, 0.6) is 0 Å². The van der Waals surface area contributed by atoms with Crippen LogP contribution in [0, 0.1) is 11.3 Å². The Morgan fingerprint density at radius 3 is 2.58 bits per heavy atom. The Kier molecular flexibility index (Phi) is 2.55. The highest BCUT2D eigenvalue weighted by molar-refractivity contribution is 5.74. The van der Waals surface area contributed by atoms with Gasteiger partial charge in [-0.05, 0) is 39.0 Å². The van der Waals surface area contributed by atoms with E-state index in [0.29, 0.717) is 5.92 Å². The fourth-order valence-corrected chi connectivity index (χ4v) is 1.62. The van der Waals surface area contributed by atoms with Gasteiger partial charge in [-0.1, -0.05) is 12.2 Å². The molecule has 0 spiro atoms. The summed E-state index contributed by atoms with van der Waals surface area (Å²) in [6, 6.07) is 0. The molecule has 68 valence electrons. The molecule has 1 N–H and O–H groups in total. The predicted octanol–water partition coefficient (Wildman–Crippen LogP) is 2.45. The fraction of sp³-hybridized carbons (Fsp3) is 0.700. The number of hydrogen-bond donors (Lipinski definition) is 1. The highest BCUT2D eigenvalue weighted by Gasteiger charge is 2.35. The molecular weight excluding hydrogens is 152 g/mol. The van der Waals surface area contributed by atoms with Crippen molar-refractivity contribution in [1.29, 1.82) is 0 Å². The van der Waals surface area contributed by atoms with Gasteiger partial charge in [-0.15, -0.1) is 0 Å². The Bertz CT molecular complexity index is 204. The van der Waals surface area contributed by atoms with Crippen LogP contribution in [-0.2, 0) is 4.79 Å². The highest BCUT2D eigenvalue weighted by atomic mass is 16.4. The van der Waals surface area contributed by atoms with E-state index < -0.39 is 11.4 Å². The number of carboxylic acid groups (broad SMARTS) is 1. The van der Waals surface area contributed by atoms with Gasteiger partial charge in [0.2, 0.25) is 0 Å². The lowest BCUT2D eigenvalue weighted by atomic mass is 9.73. The average molecular weight is 168 g/mol. The van der Waals surface area contributed by atoms with Crippen molar-refractivity contribution < 1.29 is 9.90 Å². The topological polar surface area (TPSA) is 37.3 Å². The van der Waals surface area contributed by atoms with Gasteiger partial charge in [-0.2, -0.15) is 0 Å². The fourth-order valence-electron chi connectivity index (χ4n) is 1.62. The molecule has 1 atom stereocenters. The number of carbonyl (C=O) groups is 1. The van der Waals surface area contributed by atoms with Gasteiger partial charge in [0.25, 0.3) is 0 Å². The number of allylic oxidation sites excluding steroid dienone is 2. The van der Waals surface area contributed by atoms with E-state index in [2.05, 4.69) is 12.2 Å². The molecule has 1 aliphatic rings. The second-order valence-electron chi connectivity index (χ2n) is 4.01. The second-order valence-corrected chi connectivity index (χ2v) is 4.01. The molecule has 0 saturated carbocycles. The lowest BCUT2D eigenvalue weighted by Crippen LogP contribution is -2.33. The van der Waals surface area contributed by atoms with Crippen molar-refractivity contribution in [2.24, 2.45) is 11.3 Å². The summed E-state index contributed by atoms with van der Waals surface area (Å²) >= 11 is 0. The number of carboxylic acids is 1. The third-order valence-electron chi connectivity index (χ3n) is 2.84. The minimum Gasteiger partial charge on any atom is -0.481 e. The zero-order valence-electron chi connectivity index (χ0n) is 7.71. The maximum Gasteiger partial charge on any atom is 0.309 e. The maximum absolute atomic E-state index is 10.9. The molecule has 1 unspecified atom stereocenters. The molecule has 0 heterocycles. The summed E-state index contributed by atoms with van der Waals surface area (Å²) in [6.45, 7) is 3.64. The quantitative estimate of drug-likeness (QED) is 0.643. The summed E-state index contributed by atoms with van der Waals surface area (Å²) < 4.78 is 0. The summed E-state index contributed by atoms with van der Waals surface area (Å²) in [4.78, 5) is 10.9. The molecule has 1 rings (SSSR count). The molecule has 0 aromatic rings. The summed E-state index contributed by atoms with van der Waals surface area (Å²) in [5, 5.41) is 8.97. The van der Waals surface area contributed by atoms with Crippen LogP contribution in [0.15, 0.2) is 12.2 Å². The van der Waals surface area contributed by atoms with Gasteiger partial charge in [0, 0.05) is 0 Å². The Hall–Kier alpha value is -0.790.